The summed E-state index contributed by atoms with van der Waals surface area (Å²) in [5, 5.41) is 3.21. The Morgan fingerprint density at radius 2 is 2.08 bits per heavy atom. The lowest BCUT2D eigenvalue weighted by Gasteiger charge is -2.04. The summed E-state index contributed by atoms with van der Waals surface area (Å²) in [5.74, 6) is 0.648. The summed E-state index contributed by atoms with van der Waals surface area (Å²) in [6.45, 7) is 1.68. The van der Waals surface area contributed by atoms with Crippen LogP contribution in [0.5, 0.6) is 0 Å². The second-order valence-electron chi connectivity index (χ2n) is 2.49. The highest BCUT2D eigenvalue weighted by molar-refractivity contribution is 7.80. The standard InChI is InChI=1S/C9H12ClNS/c10-5-6-11-7-8-3-1-2-4-9(8)12/h1-4,11-12H,5-7H2. The van der Waals surface area contributed by atoms with Gasteiger partial charge in [0, 0.05) is 23.9 Å². The highest BCUT2D eigenvalue weighted by Crippen LogP contribution is 2.11. The minimum absolute atomic E-state index is 0.648. The van der Waals surface area contributed by atoms with Gasteiger partial charge in [-0.25, -0.2) is 0 Å². The lowest BCUT2D eigenvalue weighted by molar-refractivity contribution is 0.721. The molecule has 0 aromatic heterocycles. The summed E-state index contributed by atoms with van der Waals surface area (Å²) >= 11 is 9.85. The molecule has 0 radical (unpaired) electrons. The first kappa shape index (κ1) is 9.90. The molecule has 0 aliphatic heterocycles. The molecule has 0 saturated carbocycles. The maximum atomic E-state index is 5.53. The zero-order chi connectivity index (χ0) is 8.81. The Morgan fingerprint density at radius 1 is 1.33 bits per heavy atom. The van der Waals surface area contributed by atoms with Gasteiger partial charge < -0.3 is 5.32 Å². The van der Waals surface area contributed by atoms with E-state index in [1.165, 1.54) is 5.56 Å². The number of benzene rings is 1. The van der Waals surface area contributed by atoms with Gasteiger partial charge in [0.1, 0.15) is 0 Å². The lowest BCUT2D eigenvalue weighted by atomic mass is 10.2. The quantitative estimate of drug-likeness (QED) is 0.433. The molecule has 12 heavy (non-hydrogen) atoms. The molecular formula is C9H12ClNS. The second kappa shape index (κ2) is 5.46. The summed E-state index contributed by atoms with van der Waals surface area (Å²) in [6.07, 6.45) is 0. The molecule has 1 aromatic rings. The molecule has 0 atom stereocenters. The van der Waals surface area contributed by atoms with Gasteiger partial charge in [-0.3, -0.25) is 0 Å². The van der Waals surface area contributed by atoms with Crippen LogP contribution in [0.1, 0.15) is 5.56 Å². The molecule has 1 aromatic carbocycles. The van der Waals surface area contributed by atoms with E-state index in [2.05, 4.69) is 24.0 Å². The summed E-state index contributed by atoms with van der Waals surface area (Å²) in [7, 11) is 0. The first-order valence-electron chi connectivity index (χ1n) is 3.88. The number of thiol groups is 1. The predicted molar refractivity (Wildman–Crippen MR) is 56.1 cm³/mol. The maximum absolute atomic E-state index is 5.53. The van der Waals surface area contributed by atoms with Crippen molar-refractivity contribution in [3.05, 3.63) is 29.8 Å². The summed E-state index contributed by atoms with van der Waals surface area (Å²) in [4.78, 5) is 1.03. The van der Waals surface area contributed by atoms with E-state index < -0.39 is 0 Å². The first-order chi connectivity index (χ1) is 5.84. The molecule has 0 heterocycles. The van der Waals surface area contributed by atoms with Crippen LogP contribution in [0.2, 0.25) is 0 Å². The highest BCUT2D eigenvalue weighted by atomic mass is 35.5. The van der Waals surface area contributed by atoms with Crippen molar-refractivity contribution in [2.24, 2.45) is 0 Å². The lowest BCUT2D eigenvalue weighted by Crippen LogP contribution is -2.15. The van der Waals surface area contributed by atoms with E-state index in [9.17, 15) is 0 Å². The van der Waals surface area contributed by atoms with Crippen LogP contribution in [0.3, 0.4) is 0 Å². The van der Waals surface area contributed by atoms with Gasteiger partial charge in [-0.2, -0.15) is 0 Å². The topological polar surface area (TPSA) is 12.0 Å². The Kier molecular flexibility index (Phi) is 4.51. The molecule has 0 saturated heterocycles. The number of alkyl halides is 1. The van der Waals surface area contributed by atoms with Crippen molar-refractivity contribution < 1.29 is 0 Å². The van der Waals surface area contributed by atoms with Gasteiger partial charge in [0.15, 0.2) is 0 Å². The molecule has 3 heteroatoms. The van der Waals surface area contributed by atoms with Crippen LogP contribution in [-0.4, -0.2) is 12.4 Å². The molecular weight excluding hydrogens is 190 g/mol. The average molecular weight is 202 g/mol. The SMILES string of the molecule is Sc1ccccc1CNCCCl. The van der Waals surface area contributed by atoms with E-state index in [1.54, 1.807) is 0 Å². The molecule has 0 unspecified atom stereocenters. The van der Waals surface area contributed by atoms with Gasteiger partial charge in [0.2, 0.25) is 0 Å². The van der Waals surface area contributed by atoms with Crippen molar-refractivity contribution in [1.29, 1.82) is 0 Å². The summed E-state index contributed by atoms with van der Waals surface area (Å²) in [5.41, 5.74) is 1.21. The van der Waals surface area contributed by atoms with Crippen molar-refractivity contribution in [3.8, 4) is 0 Å². The number of nitrogens with one attached hydrogen (secondary N) is 1. The van der Waals surface area contributed by atoms with E-state index in [0.717, 1.165) is 18.0 Å². The van der Waals surface area contributed by atoms with Crippen molar-refractivity contribution in [3.63, 3.8) is 0 Å². The molecule has 0 bridgehead atoms. The molecule has 1 nitrogen and oxygen atoms in total. The van der Waals surface area contributed by atoms with E-state index >= 15 is 0 Å². The zero-order valence-electron chi connectivity index (χ0n) is 6.76. The third-order valence-corrected chi connectivity index (χ3v) is 2.20. The number of hydrogen-bond donors (Lipinski definition) is 2. The third kappa shape index (κ3) is 3.05. The normalized spacial score (nSPS) is 10.2. The molecule has 0 aliphatic rings. The zero-order valence-corrected chi connectivity index (χ0v) is 8.41. The molecule has 0 fully saturated rings. The summed E-state index contributed by atoms with van der Waals surface area (Å²) < 4.78 is 0. The average Bonchev–Trinajstić information content (AvgIpc) is 2.09. The molecule has 1 N–H and O–H groups in total. The number of hydrogen-bond acceptors (Lipinski definition) is 2. The summed E-state index contributed by atoms with van der Waals surface area (Å²) in [6, 6.07) is 8.04. The van der Waals surface area contributed by atoms with Crippen LogP contribution in [0.25, 0.3) is 0 Å². The van der Waals surface area contributed by atoms with Gasteiger partial charge in [-0.05, 0) is 11.6 Å². The van der Waals surface area contributed by atoms with Crippen LogP contribution in [0.15, 0.2) is 29.2 Å². The van der Waals surface area contributed by atoms with Crippen LogP contribution < -0.4 is 5.32 Å². The monoisotopic (exact) mass is 201 g/mol. The van der Waals surface area contributed by atoms with Gasteiger partial charge >= 0.3 is 0 Å². The first-order valence-corrected chi connectivity index (χ1v) is 4.86. The van der Waals surface area contributed by atoms with Crippen molar-refractivity contribution in [2.75, 3.05) is 12.4 Å². The largest absolute Gasteiger partial charge is 0.311 e. The van der Waals surface area contributed by atoms with Gasteiger partial charge in [0.05, 0.1) is 0 Å². The van der Waals surface area contributed by atoms with Crippen molar-refractivity contribution in [2.45, 2.75) is 11.4 Å². The molecule has 0 aliphatic carbocycles. The fourth-order valence-corrected chi connectivity index (χ4v) is 1.32. The molecule has 66 valence electrons. The van der Waals surface area contributed by atoms with E-state index in [0.29, 0.717) is 5.88 Å². The third-order valence-electron chi connectivity index (χ3n) is 1.58. The highest BCUT2D eigenvalue weighted by Gasteiger charge is 1.95. The molecule has 1 rings (SSSR count). The molecule has 0 amide bonds. The van der Waals surface area contributed by atoms with E-state index in [-0.39, 0.29) is 0 Å². The Bertz CT molecular complexity index is 240. The second-order valence-corrected chi connectivity index (χ2v) is 3.35. The Morgan fingerprint density at radius 3 is 2.75 bits per heavy atom. The number of rotatable bonds is 4. The fraction of sp³-hybridized carbons (Fsp3) is 0.333. The minimum atomic E-state index is 0.648. The van der Waals surface area contributed by atoms with E-state index in [4.69, 9.17) is 11.6 Å². The Labute approximate surface area is 83.5 Å². The van der Waals surface area contributed by atoms with Crippen molar-refractivity contribution in [1.82, 2.24) is 5.32 Å². The number of halogens is 1. The Balaban J connectivity index is 2.46. The smallest absolute Gasteiger partial charge is 0.0348 e. The van der Waals surface area contributed by atoms with Crippen LogP contribution in [-0.2, 0) is 6.54 Å². The Hall–Kier alpha value is -0.180. The van der Waals surface area contributed by atoms with Gasteiger partial charge in [0.25, 0.3) is 0 Å². The fourth-order valence-electron chi connectivity index (χ4n) is 0.950. The van der Waals surface area contributed by atoms with Crippen LogP contribution in [0, 0.1) is 0 Å². The van der Waals surface area contributed by atoms with Crippen molar-refractivity contribution >= 4 is 24.2 Å². The maximum Gasteiger partial charge on any atom is 0.0348 e. The molecule has 0 spiro atoms. The van der Waals surface area contributed by atoms with Gasteiger partial charge in [-0.1, -0.05) is 18.2 Å². The van der Waals surface area contributed by atoms with Crippen LogP contribution in [0.4, 0.5) is 0 Å². The van der Waals surface area contributed by atoms with Crippen LogP contribution >= 0.6 is 24.2 Å². The van der Waals surface area contributed by atoms with Gasteiger partial charge in [-0.15, -0.1) is 24.2 Å². The van der Waals surface area contributed by atoms with E-state index in [1.807, 2.05) is 18.2 Å². The minimum Gasteiger partial charge on any atom is -0.311 e. The predicted octanol–water partition coefficient (Wildman–Crippen LogP) is 2.30.